The van der Waals surface area contributed by atoms with Crippen LogP contribution in [-0.4, -0.2) is 45.3 Å². The summed E-state index contributed by atoms with van der Waals surface area (Å²) in [4.78, 5) is -0.468. The van der Waals surface area contributed by atoms with Gasteiger partial charge in [-0.15, -0.1) is 25.6 Å². The van der Waals surface area contributed by atoms with Crippen molar-refractivity contribution < 1.29 is 26.3 Å². The molecule has 1 aliphatic rings. The minimum Gasteiger partial charge on any atom is -0.404 e. The lowest BCUT2D eigenvalue weighted by molar-refractivity contribution is -0.275. The maximum Gasteiger partial charge on any atom is 0.573 e. The third-order valence-corrected chi connectivity index (χ3v) is 5.39. The first-order valence-corrected chi connectivity index (χ1v) is 8.20. The van der Waals surface area contributed by atoms with Crippen LogP contribution in [0.2, 0.25) is 0 Å². The Labute approximate surface area is 139 Å². The molecule has 2 rings (SSSR count). The lowest BCUT2D eigenvalue weighted by Gasteiger charge is -2.32. The fourth-order valence-corrected chi connectivity index (χ4v) is 4.05. The number of rotatable bonds is 4. The first kappa shape index (κ1) is 20.0. The lowest BCUT2D eigenvalue weighted by Crippen LogP contribution is -2.46. The van der Waals surface area contributed by atoms with Gasteiger partial charge in [-0.2, -0.15) is 4.31 Å². The zero-order valence-corrected chi connectivity index (χ0v) is 14.0. The fourth-order valence-electron chi connectivity index (χ4n) is 2.41. The predicted molar refractivity (Wildman–Crippen MR) is 81.2 cm³/mol. The number of halogens is 4. The normalized spacial score (nSPS) is 19.9. The van der Waals surface area contributed by atoms with Crippen LogP contribution in [0.15, 0.2) is 29.2 Å². The van der Waals surface area contributed by atoms with Gasteiger partial charge in [0.15, 0.2) is 0 Å². The Hall–Kier alpha value is -1.03. The highest BCUT2D eigenvalue weighted by atomic mass is 35.5. The van der Waals surface area contributed by atoms with E-state index < -0.39 is 27.0 Å². The first-order chi connectivity index (χ1) is 10.2. The maximum atomic E-state index is 12.6. The second kappa shape index (κ2) is 7.69. The molecule has 0 saturated carbocycles. The van der Waals surface area contributed by atoms with E-state index in [1.807, 2.05) is 0 Å². The Morgan fingerprint density at radius 1 is 1.30 bits per heavy atom. The van der Waals surface area contributed by atoms with Gasteiger partial charge in [0.1, 0.15) is 10.6 Å². The van der Waals surface area contributed by atoms with Crippen LogP contribution >= 0.6 is 12.4 Å². The van der Waals surface area contributed by atoms with Crippen LogP contribution < -0.4 is 10.1 Å². The molecule has 1 aliphatic heterocycles. The number of ether oxygens (including phenoxy) is 1. The molecule has 1 saturated heterocycles. The molecule has 10 heteroatoms. The lowest BCUT2D eigenvalue weighted by atomic mass is 10.1. The first-order valence-electron chi connectivity index (χ1n) is 6.76. The number of para-hydroxylation sites is 1. The molecule has 0 radical (unpaired) electrons. The van der Waals surface area contributed by atoms with Crippen molar-refractivity contribution in [3.63, 3.8) is 0 Å². The van der Waals surface area contributed by atoms with Crippen LogP contribution in [0.5, 0.6) is 5.75 Å². The van der Waals surface area contributed by atoms with E-state index >= 15 is 0 Å². The summed E-state index contributed by atoms with van der Waals surface area (Å²) in [6.45, 7) is 0.500. The second-order valence-electron chi connectivity index (χ2n) is 4.99. The molecule has 0 amide bonds. The predicted octanol–water partition coefficient (Wildman–Crippen LogP) is 2.38. The monoisotopic (exact) mass is 374 g/mol. The van der Waals surface area contributed by atoms with Gasteiger partial charge in [-0.1, -0.05) is 12.1 Å². The molecule has 1 atom stereocenters. The van der Waals surface area contributed by atoms with Crippen molar-refractivity contribution in [1.29, 1.82) is 0 Å². The molecule has 0 bridgehead atoms. The summed E-state index contributed by atoms with van der Waals surface area (Å²) < 4.78 is 67.5. The molecule has 5 nitrogen and oxygen atoms in total. The van der Waals surface area contributed by atoms with Crippen LogP contribution in [0, 0.1) is 0 Å². The summed E-state index contributed by atoms with van der Waals surface area (Å²) in [6, 6.07) is 4.78. The molecule has 1 heterocycles. The minimum atomic E-state index is -4.94. The smallest absolute Gasteiger partial charge is 0.404 e. The van der Waals surface area contributed by atoms with Crippen LogP contribution in [0.3, 0.4) is 0 Å². The van der Waals surface area contributed by atoms with E-state index in [2.05, 4.69) is 10.1 Å². The molecule has 1 unspecified atom stereocenters. The summed E-state index contributed by atoms with van der Waals surface area (Å²) in [6.07, 6.45) is -3.47. The van der Waals surface area contributed by atoms with Crippen molar-refractivity contribution in [1.82, 2.24) is 9.62 Å². The minimum absolute atomic E-state index is 0. The number of hydrogen-bond donors (Lipinski definition) is 1. The van der Waals surface area contributed by atoms with E-state index in [1.54, 1.807) is 7.05 Å². The molecular formula is C13H18ClF3N2O3S. The molecule has 0 aliphatic carbocycles. The van der Waals surface area contributed by atoms with Crippen LogP contribution in [-0.2, 0) is 10.0 Å². The number of benzene rings is 1. The van der Waals surface area contributed by atoms with Gasteiger partial charge in [0.05, 0.1) is 0 Å². The largest absolute Gasteiger partial charge is 0.573 e. The average molecular weight is 375 g/mol. The highest BCUT2D eigenvalue weighted by molar-refractivity contribution is 7.89. The van der Waals surface area contributed by atoms with Gasteiger partial charge in [-0.25, -0.2) is 8.42 Å². The van der Waals surface area contributed by atoms with Gasteiger partial charge in [0.25, 0.3) is 0 Å². The Morgan fingerprint density at radius 2 is 1.96 bits per heavy atom. The van der Waals surface area contributed by atoms with Crippen LogP contribution in [0.25, 0.3) is 0 Å². The number of nitrogens with one attached hydrogen (secondary N) is 1. The standard InChI is InChI=1S/C13H17F3N2O3S.ClH/c1-17-10-5-4-8-18(9-10)22(19,20)12-7-3-2-6-11(12)21-13(14,15)16;/h2-3,6-7,10,17H,4-5,8-9H2,1H3;1H. The van der Waals surface area contributed by atoms with Gasteiger partial charge >= 0.3 is 6.36 Å². The number of nitrogens with zero attached hydrogens (tertiary/aromatic N) is 1. The number of sulfonamides is 1. The summed E-state index contributed by atoms with van der Waals surface area (Å²) in [7, 11) is -2.32. The number of hydrogen-bond acceptors (Lipinski definition) is 4. The van der Waals surface area contributed by atoms with Gasteiger partial charge < -0.3 is 10.1 Å². The zero-order chi connectivity index (χ0) is 16.4. The van der Waals surface area contributed by atoms with Gasteiger partial charge in [-0.05, 0) is 32.0 Å². The molecule has 0 spiro atoms. The molecular weight excluding hydrogens is 357 g/mol. The molecule has 1 aromatic carbocycles. The van der Waals surface area contributed by atoms with Crippen molar-refractivity contribution >= 4 is 22.4 Å². The Kier molecular flexibility index (Phi) is 6.70. The Bertz CT molecular complexity index is 625. The van der Waals surface area contributed by atoms with E-state index in [0.717, 1.165) is 18.6 Å². The zero-order valence-electron chi connectivity index (χ0n) is 12.3. The van der Waals surface area contributed by atoms with Gasteiger partial charge in [0, 0.05) is 19.1 Å². The van der Waals surface area contributed by atoms with E-state index in [9.17, 15) is 21.6 Å². The Balaban J connectivity index is 0.00000264. The van der Waals surface area contributed by atoms with E-state index in [1.165, 1.54) is 16.4 Å². The summed E-state index contributed by atoms with van der Waals surface area (Å²) >= 11 is 0. The van der Waals surface area contributed by atoms with Crippen molar-refractivity contribution in [2.75, 3.05) is 20.1 Å². The number of alkyl halides is 3. The second-order valence-corrected chi connectivity index (χ2v) is 6.89. The maximum absolute atomic E-state index is 12.6. The topological polar surface area (TPSA) is 58.6 Å². The molecule has 0 aromatic heterocycles. The SMILES string of the molecule is CNC1CCCN(S(=O)(=O)c2ccccc2OC(F)(F)F)C1.Cl. The van der Waals surface area contributed by atoms with Gasteiger partial charge in [-0.3, -0.25) is 0 Å². The summed E-state index contributed by atoms with van der Waals surface area (Å²) in [5.74, 6) is -0.707. The molecule has 1 N–H and O–H groups in total. The van der Waals surface area contributed by atoms with E-state index in [0.29, 0.717) is 6.42 Å². The fraction of sp³-hybridized carbons (Fsp3) is 0.538. The summed E-state index contributed by atoms with van der Waals surface area (Å²) in [5, 5.41) is 2.99. The molecule has 132 valence electrons. The molecule has 1 fully saturated rings. The highest BCUT2D eigenvalue weighted by Crippen LogP contribution is 2.32. The van der Waals surface area contributed by atoms with Crippen molar-refractivity contribution in [2.45, 2.75) is 30.1 Å². The third kappa shape index (κ3) is 4.97. The third-order valence-electron chi connectivity index (χ3n) is 3.49. The van der Waals surface area contributed by atoms with Crippen LogP contribution in [0.1, 0.15) is 12.8 Å². The molecule has 1 aromatic rings. The highest BCUT2D eigenvalue weighted by Gasteiger charge is 2.36. The number of likely N-dealkylation sites (N-methyl/N-ethyl adjacent to an activating group) is 1. The van der Waals surface area contributed by atoms with E-state index in [-0.39, 0.29) is 31.5 Å². The Morgan fingerprint density at radius 3 is 2.57 bits per heavy atom. The average Bonchev–Trinajstić information content (AvgIpc) is 2.46. The summed E-state index contributed by atoms with van der Waals surface area (Å²) in [5.41, 5.74) is 0. The van der Waals surface area contributed by atoms with E-state index in [4.69, 9.17) is 0 Å². The van der Waals surface area contributed by atoms with Crippen molar-refractivity contribution in [3.8, 4) is 5.75 Å². The van der Waals surface area contributed by atoms with Crippen molar-refractivity contribution in [2.24, 2.45) is 0 Å². The quantitative estimate of drug-likeness (QED) is 0.879. The van der Waals surface area contributed by atoms with Crippen molar-refractivity contribution in [3.05, 3.63) is 24.3 Å². The van der Waals surface area contributed by atoms with Gasteiger partial charge in [0.2, 0.25) is 10.0 Å². The number of piperidine rings is 1. The molecule has 23 heavy (non-hydrogen) atoms. The van der Waals surface area contributed by atoms with Crippen LogP contribution in [0.4, 0.5) is 13.2 Å².